The van der Waals surface area contributed by atoms with Crippen LogP contribution < -0.4 is 16.6 Å². The van der Waals surface area contributed by atoms with Crippen molar-refractivity contribution in [2.75, 3.05) is 18.2 Å². The van der Waals surface area contributed by atoms with E-state index in [-0.39, 0.29) is 16.1 Å². The molecule has 1 aliphatic rings. The summed E-state index contributed by atoms with van der Waals surface area (Å²) in [5.41, 5.74) is 2.08. The molecule has 1 aromatic rings. The molecule has 0 bridgehead atoms. The number of nitrogens with zero attached hydrogens (tertiary/aromatic N) is 1. The second-order valence-corrected chi connectivity index (χ2v) is 5.86. The number of anilines is 1. The molecule has 1 fully saturated rings. The summed E-state index contributed by atoms with van der Waals surface area (Å²) in [6, 6.07) is 1.35. The average molecular weight is 284 g/mol. The van der Waals surface area contributed by atoms with Crippen LogP contribution in [0.25, 0.3) is 0 Å². The molecule has 104 valence electrons. The fourth-order valence-corrected chi connectivity index (χ4v) is 2.99. The smallest absolute Gasteiger partial charge is 0.254 e. The Morgan fingerprint density at radius 3 is 2.89 bits per heavy atom. The van der Waals surface area contributed by atoms with E-state index in [1.54, 1.807) is 11.8 Å². The second-order valence-electron chi connectivity index (χ2n) is 4.59. The number of nitrogens with one attached hydrogen (secondary N) is 2. The topological polar surface area (TPSA) is 80.0 Å². The molecule has 1 aromatic heterocycles. The summed E-state index contributed by atoms with van der Waals surface area (Å²) in [4.78, 5) is 15.7. The van der Waals surface area contributed by atoms with Crippen molar-refractivity contribution < 1.29 is 9.18 Å². The molecule has 0 unspecified atom stereocenters. The lowest BCUT2D eigenvalue weighted by Crippen LogP contribution is -2.45. The van der Waals surface area contributed by atoms with E-state index < -0.39 is 11.7 Å². The fourth-order valence-electron chi connectivity index (χ4n) is 2.08. The molecule has 1 heterocycles. The third-order valence-corrected chi connectivity index (χ3v) is 4.96. The van der Waals surface area contributed by atoms with Gasteiger partial charge in [0, 0.05) is 17.5 Å². The number of hydrogen-bond donors (Lipinski definition) is 3. The minimum absolute atomic E-state index is 0.0430. The van der Waals surface area contributed by atoms with Crippen LogP contribution in [0.2, 0.25) is 0 Å². The highest BCUT2D eigenvalue weighted by molar-refractivity contribution is 8.00. The van der Waals surface area contributed by atoms with E-state index in [4.69, 9.17) is 5.84 Å². The molecule has 0 aliphatic heterocycles. The van der Waals surface area contributed by atoms with Crippen molar-refractivity contribution in [1.29, 1.82) is 0 Å². The zero-order valence-electron chi connectivity index (χ0n) is 10.7. The van der Waals surface area contributed by atoms with Gasteiger partial charge in [0.2, 0.25) is 0 Å². The lowest BCUT2D eigenvalue weighted by molar-refractivity contribution is 0.0940. The summed E-state index contributed by atoms with van der Waals surface area (Å²) in [5, 5.41) is 2.79. The van der Waals surface area contributed by atoms with Gasteiger partial charge in [-0.2, -0.15) is 11.8 Å². The Labute approximate surface area is 115 Å². The molecule has 0 spiro atoms. The summed E-state index contributed by atoms with van der Waals surface area (Å²) < 4.78 is 14.0. The lowest BCUT2D eigenvalue weighted by Gasteiger charge is -2.40. The van der Waals surface area contributed by atoms with Crippen molar-refractivity contribution in [3.63, 3.8) is 0 Å². The Morgan fingerprint density at radius 2 is 2.37 bits per heavy atom. The summed E-state index contributed by atoms with van der Waals surface area (Å²) in [7, 11) is 0. The van der Waals surface area contributed by atoms with Crippen molar-refractivity contribution in [3.05, 3.63) is 23.6 Å². The van der Waals surface area contributed by atoms with E-state index in [0.29, 0.717) is 6.54 Å². The zero-order chi connectivity index (χ0) is 13.9. The number of thioether (sulfide) groups is 1. The Kier molecular flexibility index (Phi) is 4.26. The number of pyridine rings is 1. The van der Waals surface area contributed by atoms with Crippen LogP contribution in [0.4, 0.5) is 10.2 Å². The Hall–Kier alpha value is -1.34. The monoisotopic (exact) mass is 284 g/mol. The molecule has 0 atom stereocenters. The maximum atomic E-state index is 13.8. The zero-order valence-corrected chi connectivity index (χ0v) is 11.5. The van der Waals surface area contributed by atoms with Gasteiger partial charge in [0.05, 0.1) is 5.56 Å². The minimum Gasteiger partial charge on any atom is -0.351 e. The molecule has 19 heavy (non-hydrogen) atoms. The van der Waals surface area contributed by atoms with Gasteiger partial charge in [-0.1, -0.05) is 6.42 Å². The van der Waals surface area contributed by atoms with Crippen LogP contribution in [0.1, 0.15) is 29.6 Å². The van der Waals surface area contributed by atoms with Crippen LogP contribution in [0.5, 0.6) is 0 Å². The first-order valence-electron chi connectivity index (χ1n) is 6.06. The van der Waals surface area contributed by atoms with Gasteiger partial charge in [-0.05, 0) is 25.2 Å². The third-order valence-electron chi connectivity index (χ3n) is 3.54. The van der Waals surface area contributed by atoms with Crippen LogP contribution in [0.3, 0.4) is 0 Å². The molecule has 7 heteroatoms. The first-order chi connectivity index (χ1) is 9.12. The third kappa shape index (κ3) is 2.82. The number of nitrogen functional groups attached to an aromatic ring is 1. The maximum Gasteiger partial charge on any atom is 0.254 e. The fraction of sp³-hybridized carbons (Fsp3) is 0.500. The largest absolute Gasteiger partial charge is 0.351 e. The molecule has 0 aromatic carbocycles. The predicted molar refractivity (Wildman–Crippen MR) is 74.4 cm³/mol. The highest BCUT2D eigenvalue weighted by atomic mass is 32.2. The first-order valence-corrected chi connectivity index (χ1v) is 7.29. The van der Waals surface area contributed by atoms with Crippen molar-refractivity contribution in [3.8, 4) is 0 Å². The van der Waals surface area contributed by atoms with Gasteiger partial charge >= 0.3 is 0 Å². The van der Waals surface area contributed by atoms with E-state index in [2.05, 4.69) is 15.7 Å². The van der Waals surface area contributed by atoms with Crippen molar-refractivity contribution >= 4 is 23.5 Å². The summed E-state index contributed by atoms with van der Waals surface area (Å²) in [6.07, 6.45) is 6.74. The average Bonchev–Trinajstić information content (AvgIpc) is 2.38. The normalized spacial score (nSPS) is 16.6. The predicted octanol–water partition coefficient (Wildman–Crippen LogP) is 1.52. The van der Waals surface area contributed by atoms with Gasteiger partial charge in [0.25, 0.3) is 5.91 Å². The van der Waals surface area contributed by atoms with Crippen LogP contribution in [-0.2, 0) is 0 Å². The molecular formula is C12H17FN4OS. The van der Waals surface area contributed by atoms with E-state index >= 15 is 0 Å². The van der Waals surface area contributed by atoms with Gasteiger partial charge in [-0.15, -0.1) is 0 Å². The van der Waals surface area contributed by atoms with Gasteiger partial charge in [-0.3, -0.25) is 4.79 Å². The van der Waals surface area contributed by atoms with E-state index in [9.17, 15) is 9.18 Å². The lowest BCUT2D eigenvalue weighted by atomic mass is 9.84. The summed E-state index contributed by atoms with van der Waals surface area (Å²) in [5.74, 6) is 3.84. The number of hydrogen-bond acceptors (Lipinski definition) is 5. The number of rotatable bonds is 5. The van der Waals surface area contributed by atoms with Crippen LogP contribution in [0, 0.1) is 5.82 Å². The summed E-state index contributed by atoms with van der Waals surface area (Å²) >= 11 is 1.75. The highest BCUT2D eigenvalue weighted by Crippen LogP contribution is 2.42. The maximum absolute atomic E-state index is 13.8. The van der Waals surface area contributed by atoms with Gasteiger partial charge < -0.3 is 10.7 Å². The number of carbonyl (C=O) groups is 1. The number of hydrazine groups is 1. The molecule has 0 radical (unpaired) electrons. The van der Waals surface area contributed by atoms with Gasteiger partial charge in [0.1, 0.15) is 0 Å². The Morgan fingerprint density at radius 1 is 1.63 bits per heavy atom. The number of aromatic nitrogens is 1. The Bertz CT molecular complexity index is 473. The van der Waals surface area contributed by atoms with Crippen LogP contribution in [-0.4, -0.2) is 28.4 Å². The van der Waals surface area contributed by atoms with Crippen molar-refractivity contribution in [2.24, 2.45) is 5.84 Å². The minimum atomic E-state index is -0.727. The van der Waals surface area contributed by atoms with Crippen molar-refractivity contribution in [2.45, 2.75) is 24.0 Å². The molecule has 5 nitrogen and oxygen atoms in total. The summed E-state index contributed by atoms with van der Waals surface area (Å²) in [6.45, 7) is 0.556. The SMILES string of the molecule is CSC1(CNC(=O)c2ccnc(NN)c2F)CCC1. The number of halogens is 1. The number of amides is 1. The van der Waals surface area contributed by atoms with Gasteiger partial charge in [-0.25, -0.2) is 15.2 Å². The molecule has 4 N–H and O–H groups in total. The van der Waals surface area contributed by atoms with Crippen LogP contribution >= 0.6 is 11.8 Å². The molecular weight excluding hydrogens is 267 g/mol. The molecule has 1 saturated carbocycles. The Balaban J connectivity index is 2.04. The van der Waals surface area contributed by atoms with Gasteiger partial charge in [0.15, 0.2) is 11.6 Å². The molecule has 1 amide bonds. The quantitative estimate of drug-likeness (QED) is 0.564. The molecule has 1 aliphatic carbocycles. The number of carbonyl (C=O) groups excluding carboxylic acids is 1. The van der Waals surface area contributed by atoms with E-state index in [1.807, 2.05) is 6.26 Å². The van der Waals surface area contributed by atoms with Crippen molar-refractivity contribution in [1.82, 2.24) is 10.3 Å². The molecule has 0 saturated heterocycles. The number of nitrogens with two attached hydrogens (primary N) is 1. The standard InChI is InChI=1S/C12H17FN4OS/c1-19-12(4-2-5-12)7-16-11(18)8-3-6-15-10(17-14)9(8)13/h3,6H,2,4-5,7,14H2,1H3,(H,15,17)(H,16,18). The second kappa shape index (κ2) is 5.75. The van der Waals surface area contributed by atoms with E-state index in [0.717, 1.165) is 12.8 Å². The highest BCUT2D eigenvalue weighted by Gasteiger charge is 2.36. The van der Waals surface area contributed by atoms with E-state index in [1.165, 1.54) is 18.7 Å². The van der Waals surface area contributed by atoms with Crippen LogP contribution in [0.15, 0.2) is 12.3 Å². The first kappa shape index (κ1) is 14.1. The molecule has 2 rings (SSSR count).